The predicted molar refractivity (Wildman–Crippen MR) is 80.5 cm³/mol. The van der Waals surface area contributed by atoms with E-state index in [2.05, 4.69) is 52.5 Å². The fraction of sp³-hybridized carbons (Fsp3) is 0.500. The molecule has 1 saturated heterocycles. The highest BCUT2D eigenvalue weighted by Gasteiger charge is 2.20. The maximum Gasteiger partial charge on any atom is 0.0456 e. The normalized spacial score (nSPS) is 19.6. The summed E-state index contributed by atoms with van der Waals surface area (Å²) in [6.07, 6.45) is 2.40. The second kappa shape index (κ2) is 5.76. The first-order chi connectivity index (χ1) is 9.36. The quantitative estimate of drug-likeness (QED) is 0.862. The molecule has 0 spiro atoms. The van der Waals surface area contributed by atoms with Gasteiger partial charge in [-0.3, -0.25) is 4.90 Å². The minimum atomic E-state index is 0.731. The van der Waals surface area contributed by atoms with Crippen molar-refractivity contribution in [2.24, 2.45) is 0 Å². The molecular formula is C16H23N3. The number of likely N-dealkylation sites (N-methyl/N-ethyl adjacent to an activating group) is 1. The monoisotopic (exact) mass is 257 g/mol. The second-order valence-electron chi connectivity index (χ2n) is 5.41. The highest BCUT2D eigenvalue weighted by Crippen LogP contribution is 2.16. The summed E-state index contributed by atoms with van der Waals surface area (Å²) in [4.78, 5) is 6.13. The van der Waals surface area contributed by atoms with Gasteiger partial charge >= 0.3 is 0 Å². The van der Waals surface area contributed by atoms with Gasteiger partial charge in [0.2, 0.25) is 0 Å². The van der Waals surface area contributed by atoms with E-state index >= 15 is 0 Å². The van der Waals surface area contributed by atoms with Gasteiger partial charge in [0.05, 0.1) is 0 Å². The zero-order valence-electron chi connectivity index (χ0n) is 11.7. The summed E-state index contributed by atoms with van der Waals surface area (Å²) < 4.78 is 0. The van der Waals surface area contributed by atoms with E-state index in [0.29, 0.717) is 0 Å². The molecule has 1 atom stereocenters. The van der Waals surface area contributed by atoms with Crippen LogP contribution in [-0.2, 0) is 6.42 Å². The highest BCUT2D eigenvalue weighted by molar-refractivity contribution is 5.80. The van der Waals surface area contributed by atoms with Gasteiger partial charge in [-0.15, -0.1) is 0 Å². The first kappa shape index (κ1) is 12.7. The fourth-order valence-corrected chi connectivity index (χ4v) is 3.08. The van der Waals surface area contributed by atoms with Gasteiger partial charge in [0.25, 0.3) is 0 Å². The van der Waals surface area contributed by atoms with Crippen molar-refractivity contribution in [3.8, 4) is 0 Å². The molecule has 0 saturated carbocycles. The van der Waals surface area contributed by atoms with E-state index in [1.165, 1.54) is 29.6 Å². The van der Waals surface area contributed by atoms with Gasteiger partial charge in [0, 0.05) is 36.8 Å². The Hall–Kier alpha value is -1.32. The Morgan fingerprint density at radius 3 is 2.95 bits per heavy atom. The van der Waals surface area contributed by atoms with Gasteiger partial charge in [0.15, 0.2) is 0 Å². The number of hydrogen-bond acceptors (Lipinski definition) is 2. The molecule has 1 aromatic carbocycles. The Bertz CT molecular complexity index is 493. The molecule has 1 aromatic heterocycles. The molecular weight excluding hydrogens is 234 g/mol. The molecule has 1 fully saturated rings. The summed E-state index contributed by atoms with van der Waals surface area (Å²) in [7, 11) is 0. The van der Waals surface area contributed by atoms with Gasteiger partial charge < -0.3 is 10.3 Å². The van der Waals surface area contributed by atoms with Gasteiger partial charge in [-0.05, 0) is 37.0 Å². The van der Waals surface area contributed by atoms with E-state index < -0.39 is 0 Å². The fourth-order valence-electron chi connectivity index (χ4n) is 3.08. The summed E-state index contributed by atoms with van der Waals surface area (Å²) >= 11 is 0. The van der Waals surface area contributed by atoms with Crippen LogP contribution in [0.3, 0.4) is 0 Å². The van der Waals surface area contributed by atoms with E-state index in [4.69, 9.17) is 0 Å². The number of H-pyrrole nitrogens is 1. The first-order valence-electron chi connectivity index (χ1n) is 7.38. The van der Waals surface area contributed by atoms with E-state index in [9.17, 15) is 0 Å². The number of nitrogens with zero attached hydrogens (tertiary/aromatic N) is 1. The predicted octanol–water partition coefficient (Wildman–Crippen LogP) is 2.39. The Morgan fingerprint density at radius 2 is 2.21 bits per heavy atom. The van der Waals surface area contributed by atoms with Crippen LogP contribution in [0, 0.1) is 0 Å². The summed E-state index contributed by atoms with van der Waals surface area (Å²) in [6.45, 7) is 6.89. The van der Waals surface area contributed by atoms with Crippen LogP contribution in [0.15, 0.2) is 30.3 Å². The van der Waals surface area contributed by atoms with Crippen molar-refractivity contribution < 1.29 is 0 Å². The van der Waals surface area contributed by atoms with Crippen LogP contribution in [0.1, 0.15) is 19.0 Å². The van der Waals surface area contributed by atoms with Crippen LogP contribution in [0.2, 0.25) is 0 Å². The maximum absolute atomic E-state index is 3.52. The molecule has 2 aromatic rings. The summed E-state index contributed by atoms with van der Waals surface area (Å²) in [5, 5.41) is 4.78. The Morgan fingerprint density at radius 1 is 1.32 bits per heavy atom. The minimum absolute atomic E-state index is 0.731. The van der Waals surface area contributed by atoms with Crippen molar-refractivity contribution in [3.63, 3.8) is 0 Å². The molecule has 19 heavy (non-hydrogen) atoms. The molecule has 0 amide bonds. The third-order valence-corrected chi connectivity index (χ3v) is 4.21. The Labute approximate surface area is 115 Å². The van der Waals surface area contributed by atoms with Crippen LogP contribution >= 0.6 is 0 Å². The lowest BCUT2D eigenvalue weighted by Crippen LogP contribution is -2.38. The highest BCUT2D eigenvalue weighted by atomic mass is 15.2. The number of fused-ring (bicyclic) bond motifs is 1. The first-order valence-corrected chi connectivity index (χ1v) is 7.38. The number of aromatic amines is 1. The van der Waals surface area contributed by atoms with Crippen molar-refractivity contribution in [2.75, 3.05) is 26.2 Å². The second-order valence-corrected chi connectivity index (χ2v) is 5.41. The molecule has 3 nitrogen and oxygen atoms in total. The molecule has 0 aliphatic carbocycles. The topological polar surface area (TPSA) is 31.1 Å². The van der Waals surface area contributed by atoms with Crippen molar-refractivity contribution in [1.82, 2.24) is 15.2 Å². The summed E-state index contributed by atoms with van der Waals surface area (Å²) in [5.74, 6) is 0. The number of nitrogens with one attached hydrogen (secondary N) is 2. The standard InChI is InChI=1S/C16H23N3/c1-2-19(15-7-9-17-12-15)10-8-14-11-13-5-3-4-6-16(13)18-14/h3-6,11,15,17-18H,2,7-10,12H2,1H3. The molecule has 3 rings (SSSR count). The summed E-state index contributed by atoms with van der Waals surface area (Å²) in [5.41, 5.74) is 2.61. The van der Waals surface area contributed by atoms with E-state index in [1.807, 2.05) is 0 Å². The zero-order chi connectivity index (χ0) is 13.1. The maximum atomic E-state index is 3.52. The third kappa shape index (κ3) is 2.82. The molecule has 1 aliphatic rings. The van der Waals surface area contributed by atoms with Crippen molar-refractivity contribution in [1.29, 1.82) is 0 Å². The number of rotatable bonds is 5. The minimum Gasteiger partial charge on any atom is -0.358 e. The van der Waals surface area contributed by atoms with Gasteiger partial charge in [0.1, 0.15) is 0 Å². The van der Waals surface area contributed by atoms with Gasteiger partial charge in [-0.2, -0.15) is 0 Å². The van der Waals surface area contributed by atoms with E-state index in [0.717, 1.165) is 32.1 Å². The average molecular weight is 257 g/mol. The smallest absolute Gasteiger partial charge is 0.0456 e. The molecule has 2 N–H and O–H groups in total. The van der Waals surface area contributed by atoms with Gasteiger partial charge in [-0.1, -0.05) is 25.1 Å². The Balaban J connectivity index is 1.64. The number of para-hydroxylation sites is 1. The van der Waals surface area contributed by atoms with Gasteiger partial charge in [-0.25, -0.2) is 0 Å². The molecule has 1 unspecified atom stereocenters. The third-order valence-electron chi connectivity index (χ3n) is 4.21. The lowest BCUT2D eigenvalue weighted by Gasteiger charge is -2.26. The van der Waals surface area contributed by atoms with Crippen LogP contribution in [0.25, 0.3) is 10.9 Å². The largest absolute Gasteiger partial charge is 0.358 e. The lowest BCUT2D eigenvalue weighted by atomic mass is 10.2. The van der Waals surface area contributed by atoms with Crippen molar-refractivity contribution in [2.45, 2.75) is 25.8 Å². The number of benzene rings is 1. The average Bonchev–Trinajstić information content (AvgIpc) is 3.08. The van der Waals surface area contributed by atoms with E-state index in [-0.39, 0.29) is 0 Å². The van der Waals surface area contributed by atoms with Crippen LogP contribution in [0.4, 0.5) is 0 Å². The molecule has 102 valence electrons. The number of aromatic nitrogens is 1. The molecule has 0 bridgehead atoms. The lowest BCUT2D eigenvalue weighted by molar-refractivity contribution is 0.221. The van der Waals surface area contributed by atoms with Crippen molar-refractivity contribution in [3.05, 3.63) is 36.0 Å². The van der Waals surface area contributed by atoms with E-state index in [1.54, 1.807) is 0 Å². The zero-order valence-corrected chi connectivity index (χ0v) is 11.7. The van der Waals surface area contributed by atoms with Crippen LogP contribution < -0.4 is 5.32 Å². The molecule has 3 heteroatoms. The Kier molecular flexibility index (Phi) is 3.85. The van der Waals surface area contributed by atoms with Crippen LogP contribution in [-0.4, -0.2) is 42.1 Å². The summed E-state index contributed by atoms with van der Waals surface area (Å²) in [6, 6.07) is 11.5. The van der Waals surface area contributed by atoms with Crippen LogP contribution in [0.5, 0.6) is 0 Å². The SMILES string of the molecule is CCN(CCc1cc2ccccc2[nH]1)C1CCNC1. The molecule has 1 aliphatic heterocycles. The van der Waals surface area contributed by atoms with Crippen molar-refractivity contribution >= 4 is 10.9 Å². The number of hydrogen-bond donors (Lipinski definition) is 2. The molecule has 2 heterocycles. The molecule has 0 radical (unpaired) electrons.